The summed E-state index contributed by atoms with van der Waals surface area (Å²) in [4.78, 5) is 0. The average molecular weight is 345 g/mol. The predicted octanol–water partition coefficient (Wildman–Crippen LogP) is 7.72. The molecule has 0 bridgehead atoms. The molecule has 4 unspecified atom stereocenters. The van der Waals surface area contributed by atoms with Gasteiger partial charge in [0.25, 0.3) is 0 Å². The van der Waals surface area contributed by atoms with Crippen LogP contribution in [0.2, 0.25) is 0 Å². The van der Waals surface area contributed by atoms with Crippen LogP contribution in [0, 0.1) is 53.3 Å². The zero-order chi connectivity index (χ0) is 18.7. The van der Waals surface area contributed by atoms with Crippen molar-refractivity contribution in [1.82, 2.24) is 0 Å². The summed E-state index contributed by atoms with van der Waals surface area (Å²) in [5.74, 6) is 5.34. The first-order valence-electron chi connectivity index (χ1n) is 11.3. The summed E-state index contributed by atoms with van der Waals surface area (Å²) >= 11 is 0. The highest BCUT2D eigenvalue weighted by molar-refractivity contribution is 5.08. The third-order valence-corrected chi connectivity index (χ3v) is 9.06. The average Bonchev–Trinajstić information content (AvgIpc) is 2.92. The van der Waals surface area contributed by atoms with Crippen molar-refractivity contribution in [2.24, 2.45) is 40.4 Å². The van der Waals surface area contributed by atoms with Crippen LogP contribution < -0.4 is 0 Å². The number of fused-ring (bicyclic) bond motifs is 5. The van der Waals surface area contributed by atoms with Gasteiger partial charge in [-0.1, -0.05) is 53.9 Å². The van der Waals surface area contributed by atoms with Crippen molar-refractivity contribution in [2.45, 2.75) is 105 Å². The number of terminal acetylenes is 1. The van der Waals surface area contributed by atoms with Gasteiger partial charge in [0.05, 0.1) is 0 Å². The van der Waals surface area contributed by atoms with E-state index in [2.05, 4.69) is 47.5 Å². The molecule has 0 aliphatic heterocycles. The maximum Gasteiger partial charge on any atom is -0.0266 e. The van der Waals surface area contributed by atoms with Crippen LogP contribution in [-0.4, -0.2) is 0 Å². The molecule has 4 aliphatic carbocycles. The maximum atomic E-state index is 4.00. The van der Waals surface area contributed by atoms with Crippen LogP contribution in [0.15, 0.2) is 0 Å². The second-order valence-corrected chi connectivity index (χ2v) is 10.1. The quantitative estimate of drug-likeness (QED) is 0.394. The van der Waals surface area contributed by atoms with Crippen LogP contribution in [0.4, 0.5) is 0 Å². The lowest BCUT2D eigenvalue weighted by atomic mass is 9.45. The second-order valence-electron chi connectivity index (χ2n) is 10.1. The lowest BCUT2D eigenvalue weighted by Gasteiger charge is -2.60. The van der Waals surface area contributed by atoms with Gasteiger partial charge in [-0.25, -0.2) is 0 Å². The molecular formula is C25H44. The zero-order valence-electron chi connectivity index (χ0n) is 17.8. The van der Waals surface area contributed by atoms with Gasteiger partial charge < -0.3 is 0 Å². The molecule has 144 valence electrons. The molecule has 0 saturated heterocycles. The molecule has 0 heterocycles. The monoisotopic (exact) mass is 344 g/mol. The molecule has 0 aromatic heterocycles. The van der Waals surface area contributed by atoms with Crippen molar-refractivity contribution in [3.05, 3.63) is 0 Å². The van der Waals surface area contributed by atoms with Crippen LogP contribution in [0.3, 0.4) is 0 Å². The highest BCUT2D eigenvalue weighted by Crippen LogP contribution is 2.67. The SMILES string of the molecule is C#C.CCC.C[C@H]1CCC2C3CCC4CCCC[C@]4(C)C3CC[C@@]21C. The molecule has 0 N–H and O–H groups in total. The molecule has 0 spiro atoms. The van der Waals surface area contributed by atoms with Crippen molar-refractivity contribution < 1.29 is 0 Å². The Balaban J connectivity index is 0.000000410. The van der Waals surface area contributed by atoms with E-state index >= 15 is 0 Å². The summed E-state index contributed by atoms with van der Waals surface area (Å²) in [6.07, 6.45) is 24.7. The van der Waals surface area contributed by atoms with E-state index in [1.807, 2.05) is 0 Å². The van der Waals surface area contributed by atoms with Crippen molar-refractivity contribution in [3.63, 3.8) is 0 Å². The predicted molar refractivity (Wildman–Crippen MR) is 111 cm³/mol. The highest BCUT2D eigenvalue weighted by Gasteiger charge is 2.58. The van der Waals surface area contributed by atoms with Gasteiger partial charge in [-0.05, 0) is 91.8 Å². The van der Waals surface area contributed by atoms with E-state index in [0.29, 0.717) is 5.41 Å². The topological polar surface area (TPSA) is 0 Å². The lowest BCUT2D eigenvalue weighted by molar-refractivity contribution is -0.109. The van der Waals surface area contributed by atoms with E-state index in [0.717, 1.165) is 35.0 Å². The third-order valence-electron chi connectivity index (χ3n) is 9.06. The minimum Gasteiger partial charge on any atom is -0.124 e. The first-order valence-corrected chi connectivity index (χ1v) is 11.3. The Morgan fingerprint density at radius 3 is 2.08 bits per heavy atom. The fourth-order valence-corrected chi connectivity index (χ4v) is 7.56. The molecule has 25 heavy (non-hydrogen) atoms. The van der Waals surface area contributed by atoms with Crippen molar-refractivity contribution in [2.75, 3.05) is 0 Å². The minimum atomic E-state index is 0.707. The lowest BCUT2D eigenvalue weighted by Crippen LogP contribution is -2.52. The molecule has 0 nitrogen and oxygen atoms in total. The fraction of sp³-hybridized carbons (Fsp3) is 0.920. The van der Waals surface area contributed by atoms with Crippen LogP contribution >= 0.6 is 0 Å². The summed E-state index contributed by atoms with van der Waals surface area (Å²) in [6.45, 7) is 12.2. The standard InChI is InChI=1S/C20H34.C3H8.C2H2/c1-14-7-10-17-16-9-8-15-6-4-5-12-20(15,3)18(16)11-13-19(14,17)2;1-3-2;1-2/h14-18H,4-13H2,1-3H3;3H2,1-2H3;1-2H/t14-,15?,16?,17?,18?,19+,20-;;/m0../s1. The molecule has 0 amide bonds. The molecule has 0 aromatic carbocycles. The van der Waals surface area contributed by atoms with Crippen LogP contribution in [0.1, 0.15) is 105 Å². The van der Waals surface area contributed by atoms with E-state index in [-0.39, 0.29) is 0 Å². The highest BCUT2D eigenvalue weighted by atomic mass is 14.6. The molecule has 0 heteroatoms. The summed E-state index contributed by atoms with van der Waals surface area (Å²) in [5.41, 5.74) is 1.44. The Morgan fingerprint density at radius 1 is 0.760 bits per heavy atom. The first-order chi connectivity index (χ1) is 12.0. The van der Waals surface area contributed by atoms with Gasteiger partial charge in [0.2, 0.25) is 0 Å². The molecule has 0 radical (unpaired) electrons. The largest absolute Gasteiger partial charge is 0.124 e. The van der Waals surface area contributed by atoms with Crippen LogP contribution in [0.25, 0.3) is 0 Å². The summed E-state index contributed by atoms with van der Waals surface area (Å²) < 4.78 is 0. The summed E-state index contributed by atoms with van der Waals surface area (Å²) in [6, 6.07) is 0. The van der Waals surface area contributed by atoms with Crippen molar-refractivity contribution >= 4 is 0 Å². The van der Waals surface area contributed by atoms with Gasteiger partial charge in [0.15, 0.2) is 0 Å². The maximum absolute atomic E-state index is 4.00. The van der Waals surface area contributed by atoms with E-state index < -0.39 is 0 Å². The molecule has 4 rings (SSSR count). The van der Waals surface area contributed by atoms with E-state index in [4.69, 9.17) is 0 Å². The van der Waals surface area contributed by atoms with Gasteiger partial charge in [-0.2, -0.15) is 0 Å². The fourth-order valence-electron chi connectivity index (χ4n) is 7.56. The van der Waals surface area contributed by atoms with Gasteiger partial charge in [-0.15, -0.1) is 12.8 Å². The molecule has 4 fully saturated rings. The van der Waals surface area contributed by atoms with E-state index in [1.54, 1.807) is 44.9 Å². The smallest absolute Gasteiger partial charge is 0.0266 e. The zero-order valence-corrected chi connectivity index (χ0v) is 17.8. The molecule has 7 atom stereocenters. The van der Waals surface area contributed by atoms with Crippen LogP contribution in [0.5, 0.6) is 0 Å². The van der Waals surface area contributed by atoms with Gasteiger partial charge >= 0.3 is 0 Å². The summed E-state index contributed by atoms with van der Waals surface area (Å²) in [7, 11) is 0. The second kappa shape index (κ2) is 8.50. The normalized spacial score (nSPS) is 47.7. The van der Waals surface area contributed by atoms with Gasteiger partial charge in [0, 0.05) is 0 Å². The van der Waals surface area contributed by atoms with Gasteiger partial charge in [0.1, 0.15) is 0 Å². The van der Waals surface area contributed by atoms with Crippen LogP contribution in [-0.2, 0) is 0 Å². The Morgan fingerprint density at radius 2 is 1.40 bits per heavy atom. The first kappa shape index (κ1) is 20.9. The molecule has 0 aromatic rings. The van der Waals surface area contributed by atoms with E-state index in [9.17, 15) is 0 Å². The summed E-state index contributed by atoms with van der Waals surface area (Å²) in [5, 5.41) is 0. The number of hydrogen-bond donors (Lipinski definition) is 0. The Kier molecular flexibility index (Phi) is 7.09. The number of hydrogen-bond acceptors (Lipinski definition) is 0. The minimum absolute atomic E-state index is 0.707. The Bertz CT molecular complexity index is 435. The Hall–Kier alpha value is -0.440. The number of rotatable bonds is 0. The molecular weight excluding hydrogens is 300 g/mol. The van der Waals surface area contributed by atoms with Gasteiger partial charge in [-0.3, -0.25) is 0 Å². The van der Waals surface area contributed by atoms with Crippen molar-refractivity contribution in [1.29, 1.82) is 0 Å². The molecule has 4 saturated carbocycles. The third kappa shape index (κ3) is 3.55. The Labute approximate surface area is 158 Å². The molecule has 4 aliphatic rings. The van der Waals surface area contributed by atoms with E-state index in [1.165, 1.54) is 25.7 Å². The van der Waals surface area contributed by atoms with Crippen molar-refractivity contribution in [3.8, 4) is 12.8 Å².